The zero-order valence-corrected chi connectivity index (χ0v) is 18.1. The van der Waals surface area contributed by atoms with Crippen molar-refractivity contribution in [2.75, 3.05) is 6.54 Å². The van der Waals surface area contributed by atoms with Gasteiger partial charge in [0.15, 0.2) is 6.10 Å². The first-order chi connectivity index (χ1) is 15.5. The molecule has 0 saturated heterocycles. The van der Waals surface area contributed by atoms with E-state index in [0.717, 1.165) is 29.5 Å². The molecule has 7 nitrogen and oxygen atoms in total. The van der Waals surface area contributed by atoms with Crippen molar-refractivity contribution in [2.24, 2.45) is 0 Å². The van der Waals surface area contributed by atoms with Crippen molar-refractivity contribution in [1.82, 2.24) is 14.9 Å². The van der Waals surface area contributed by atoms with Gasteiger partial charge < -0.3 is 19.0 Å². The third-order valence-electron chi connectivity index (χ3n) is 5.32. The molecule has 1 amide bonds. The average Bonchev–Trinajstić information content (AvgIpc) is 3.32. The summed E-state index contributed by atoms with van der Waals surface area (Å²) in [7, 11) is 0. The molecule has 0 aliphatic rings. The first-order valence-electron chi connectivity index (χ1n) is 10.6. The molecule has 164 valence electrons. The fourth-order valence-corrected chi connectivity index (χ4v) is 3.61. The van der Waals surface area contributed by atoms with Gasteiger partial charge in [0.1, 0.15) is 11.3 Å². The Balaban J connectivity index is 1.48. The van der Waals surface area contributed by atoms with Gasteiger partial charge in [-0.15, -0.1) is 0 Å². The summed E-state index contributed by atoms with van der Waals surface area (Å²) >= 11 is 0. The number of rotatable bonds is 8. The van der Waals surface area contributed by atoms with Crippen molar-refractivity contribution in [2.45, 2.75) is 32.9 Å². The summed E-state index contributed by atoms with van der Waals surface area (Å²) in [6, 6.07) is 14.9. The standard InChI is InChI=1S/C25H25N3O4/c1-17-22(31-18(2)25(30)27-11-6-13-28-14-12-26-16-28)10-9-20-21(15-23(29)32-24(17)20)19-7-4-3-5-8-19/h3-5,7-10,12,14-16,18H,6,11,13H2,1-2H3,(H,27,30)/t18-/m0/s1. The number of hydrogen-bond acceptors (Lipinski definition) is 5. The van der Waals surface area contributed by atoms with E-state index in [1.165, 1.54) is 6.07 Å². The first kappa shape index (κ1) is 21.4. The molecule has 0 aliphatic heterocycles. The van der Waals surface area contributed by atoms with Gasteiger partial charge in [0, 0.05) is 42.5 Å². The summed E-state index contributed by atoms with van der Waals surface area (Å²) in [5.74, 6) is 0.307. The van der Waals surface area contributed by atoms with Gasteiger partial charge in [0.2, 0.25) is 0 Å². The number of hydrogen-bond donors (Lipinski definition) is 1. The highest BCUT2D eigenvalue weighted by atomic mass is 16.5. The fourth-order valence-electron chi connectivity index (χ4n) is 3.61. The second kappa shape index (κ2) is 9.51. The van der Waals surface area contributed by atoms with Crippen LogP contribution in [0, 0.1) is 6.92 Å². The van der Waals surface area contributed by atoms with Crippen LogP contribution in [0.3, 0.4) is 0 Å². The Morgan fingerprint density at radius 1 is 1.22 bits per heavy atom. The molecule has 4 rings (SSSR count). The van der Waals surface area contributed by atoms with Gasteiger partial charge in [-0.3, -0.25) is 4.79 Å². The van der Waals surface area contributed by atoms with Crippen LogP contribution in [0.4, 0.5) is 0 Å². The number of nitrogens with zero attached hydrogens (tertiary/aromatic N) is 2. The quantitative estimate of drug-likeness (QED) is 0.337. The Morgan fingerprint density at radius 3 is 2.78 bits per heavy atom. The topological polar surface area (TPSA) is 86.4 Å². The lowest BCUT2D eigenvalue weighted by Gasteiger charge is -2.17. The predicted octanol–water partition coefficient (Wildman–Crippen LogP) is 3.94. The number of carbonyl (C=O) groups is 1. The molecule has 4 aromatic rings. The van der Waals surface area contributed by atoms with Crippen LogP contribution in [-0.4, -0.2) is 28.1 Å². The fraction of sp³-hybridized carbons (Fsp3) is 0.240. The summed E-state index contributed by atoms with van der Waals surface area (Å²) in [5, 5.41) is 3.71. The minimum absolute atomic E-state index is 0.199. The number of benzene rings is 2. The van der Waals surface area contributed by atoms with Gasteiger partial charge in [0.05, 0.1) is 6.33 Å². The number of carbonyl (C=O) groups excluding carboxylic acids is 1. The Morgan fingerprint density at radius 2 is 2.03 bits per heavy atom. The van der Waals surface area contributed by atoms with E-state index in [1.807, 2.05) is 60.2 Å². The normalized spacial score (nSPS) is 11.9. The molecule has 2 heterocycles. The van der Waals surface area contributed by atoms with E-state index < -0.39 is 11.7 Å². The molecule has 0 radical (unpaired) electrons. The Kier molecular flexibility index (Phi) is 6.35. The van der Waals surface area contributed by atoms with Crippen molar-refractivity contribution in [3.8, 4) is 16.9 Å². The number of amides is 1. The van der Waals surface area contributed by atoms with Gasteiger partial charge in [-0.1, -0.05) is 30.3 Å². The molecule has 7 heteroatoms. The molecule has 0 saturated carbocycles. The number of fused-ring (bicyclic) bond motifs is 1. The molecule has 32 heavy (non-hydrogen) atoms. The smallest absolute Gasteiger partial charge is 0.336 e. The highest BCUT2D eigenvalue weighted by molar-refractivity contribution is 5.95. The van der Waals surface area contributed by atoms with Crippen molar-refractivity contribution in [3.05, 3.63) is 83.2 Å². The lowest BCUT2D eigenvalue weighted by molar-refractivity contribution is -0.127. The molecule has 2 aromatic heterocycles. The monoisotopic (exact) mass is 431 g/mol. The van der Waals surface area contributed by atoms with Gasteiger partial charge in [-0.25, -0.2) is 9.78 Å². The van der Waals surface area contributed by atoms with Gasteiger partial charge in [-0.05, 0) is 43.5 Å². The lowest BCUT2D eigenvalue weighted by atomic mass is 10.00. The van der Waals surface area contributed by atoms with E-state index in [2.05, 4.69) is 10.3 Å². The van der Waals surface area contributed by atoms with Crippen molar-refractivity contribution in [3.63, 3.8) is 0 Å². The van der Waals surface area contributed by atoms with Crippen LogP contribution in [0.25, 0.3) is 22.1 Å². The van der Waals surface area contributed by atoms with Crippen LogP contribution in [-0.2, 0) is 11.3 Å². The maximum absolute atomic E-state index is 12.4. The van der Waals surface area contributed by atoms with Crippen LogP contribution in [0.15, 0.2) is 76.5 Å². The molecule has 1 atom stereocenters. The highest BCUT2D eigenvalue weighted by Crippen LogP contribution is 2.33. The van der Waals surface area contributed by atoms with E-state index in [4.69, 9.17) is 9.15 Å². The summed E-state index contributed by atoms with van der Waals surface area (Å²) in [4.78, 5) is 28.7. The Hall–Kier alpha value is -3.87. The highest BCUT2D eigenvalue weighted by Gasteiger charge is 2.18. The summed E-state index contributed by atoms with van der Waals surface area (Å²) in [5.41, 5.74) is 2.44. The molecule has 2 aromatic carbocycles. The van der Waals surface area contributed by atoms with Gasteiger partial charge in [0.25, 0.3) is 5.91 Å². The molecule has 0 bridgehead atoms. The zero-order valence-electron chi connectivity index (χ0n) is 18.1. The second-order valence-corrected chi connectivity index (χ2v) is 7.62. The summed E-state index contributed by atoms with van der Waals surface area (Å²) < 4.78 is 13.4. The van der Waals surface area contributed by atoms with Gasteiger partial charge in [-0.2, -0.15) is 0 Å². The third-order valence-corrected chi connectivity index (χ3v) is 5.32. The van der Waals surface area contributed by atoms with Crippen molar-refractivity contribution < 1.29 is 13.9 Å². The van der Waals surface area contributed by atoms with E-state index in [1.54, 1.807) is 19.4 Å². The van der Waals surface area contributed by atoms with Crippen LogP contribution >= 0.6 is 0 Å². The SMILES string of the molecule is Cc1c(O[C@@H](C)C(=O)NCCCn2ccnc2)ccc2c(-c3ccccc3)cc(=O)oc12. The van der Waals surface area contributed by atoms with Crippen LogP contribution in [0.5, 0.6) is 5.75 Å². The molecular formula is C25H25N3O4. The van der Waals surface area contributed by atoms with Crippen LogP contribution in [0.1, 0.15) is 18.9 Å². The van der Waals surface area contributed by atoms with Crippen LogP contribution in [0.2, 0.25) is 0 Å². The maximum atomic E-state index is 12.4. The average molecular weight is 431 g/mol. The number of aryl methyl sites for hydroxylation is 2. The number of imidazole rings is 1. The van der Waals surface area contributed by atoms with Crippen molar-refractivity contribution >= 4 is 16.9 Å². The summed E-state index contributed by atoms with van der Waals surface area (Å²) in [6.07, 6.45) is 5.46. The number of aromatic nitrogens is 2. The molecular weight excluding hydrogens is 406 g/mol. The van der Waals surface area contributed by atoms with E-state index in [0.29, 0.717) is 23.4 Å². The van der Waals surface area contributed by atoms with E-state index >= 15 is 0 Å². The number of ether oxygens (including phenoxy) is 1. The van der Waals surface area contributed by atoms with Crippen LogP contribution < -0.4 is 15.7 Å². The maximum Gasteiger partial charge on any atom is 0.336 e. The first-order valence-corrected chi connectivity index (χ1v) is 10.6. The number of nitrogens with one attached hydrogen (secondary N) is 1. The largest absolute Gasteiger partial charge is 0.480 e. The van der Waals surface area contributed by atoms with E-state index in [9.17, 15) is 9.59 Å². The van der Waals surface area contributed by atoms with Crippen molar-refractivity contribution in [1.29, 1.82) is 0 Å². The predicted molar refractivity (Wildman–Crippen MR) is 123 cm³/mol. The molecule has 0 fully saturated rings. The minimum atomic E-state index is -0.691. The summed E-state index contributed by atoms with van der Waals surface area (Å²) in [6.45, 7) is 4.84. The Bertz CT molecular complexity index is 1260. The third kappa shape index (κ3) is 4.72. The zero-order chi connectivity index (χ0) is 22.5. The molecule has 0 spiro atoms. The van der Waals surface area contributed by atoms with Gasteiger partial charge >= 0.3 is 5.63 Å². The van der Waals surface area contributed by atoms with E-state index in [-0.39, 0.29) is 5.91 Å². The molecule has 0 aliphatic carbocycles. The Labute approximate surface area is 185 Å². The molecule has 1 N–H and O–H groups in total. The minimum Gasteiger partial charge on any atom is -0.480 e. The molecule has 0 unspecified atom stereocenters. The second-order valence-electron chi connectivity index (χ2n) is 7.62. The lowest BCUT2D eigenvalue weighted by Crippen LogP contribution is -2.37.